The summed E-state index contributed by atoms with van der Waals surface area (Å²) in [6.45, 7) is 6.24. The molecule has 6 nitrogen and oxygen atoms in total. The van der Waals surface area contributed by atoms with Crippen molar-refractivity contribution in [2.75, 3.05) is 18.4 Å². The molecule has 6 heteroatoms. The van der Waals surface area contributed by atoms with E-state index >= 15 is 0 Å². The third kappa shape index (κ3) is 4.54. The zero-order valence-electron chi connectivity index (χ0n) is 16.9. The normalized spacial score (nSPS) is 14.9. The van der Waals surface area contributed by atoms with Gasteiger partial charge in [-0.25, -0.2) is 9.97 Å². The first kappa shape index (κ1) is 19.3. The zero-order chi connectivity index (χ0) is 20.2. The highest BCUT2D eigenvalue weighted by molar-refractivity contribution is 5.94. The summed E-state index contributed by atoms with van der Waals surface area (Å²) >= 11 is 0. The fourth-order valence-electron chi connectivity index (χ4n) is 3.67. The molecule has 0 aliphatic carbocycles. The van der Waals surface area contributed by atoms with E-state index in [2.05, 4.69) is 40.8 Å². The number of anilines is 2. The predicted molar refractivity (Wildman–Crippen MR) is 117 cm³/mol. The molecule has 0 radical (unpaired) electrons. The van der Waals surface area contributed by atoms with Crippen molar-refractivity contribution in [2.45, 2.75) is 38.6 Å². The Bertz CT molecular complexity index is 994. The highest BCUT2D eigenvalue weighted by Crippen LogP contribution is 2.25. The van der Waals surface area contributed by atoms with E-state index in [1.165, 1.54) is 5.56 Å². The maximum atomic E-state index is 12.5. The van der Waals surface area contributed by atoms with Crippen LogP contribution in [0.1, 0.15) is 48.5 Å². The summed E-state index contributed by atoms with van der Waals surface area (Å²) in [6, 6.07) is 13.9. The topological polar surface area (TPSA) is 78.9 Å². The van der Waals surface area contributed by atoms with E-state index in [0.29, 0.717) is 17.4 Å². The lowest BCUT2D eigenvalue weighted by atomic mass is 10.0. The average Bonchev–Trinajstić information content (AvgIpc) is 2.74. The van der Waals surface area contributed by atoms with Crippen LogP contribution in [0.2, 0.25) is 0 Å². The molecule has 4 rings (SSSR count). The number of piperidine rings is 1. The molecule has 3 aromatic rings. The second-order valence-electron chi connectivity index (χ2n) is 7.83. The molecule has 1 saturated heterocycles. The monoisotopic (exact) mass is 389 g/mol. The number of amides is 1. The van der Waals surface area contributed by atoms with Gasteiger partial charge in [-0.1, -0.05) is 32.0 Å². The average molecular weight is 390 g/mol. The molecule has 1 fully saturated rings. The number of benzene rings is 2. The van der Waals surface area contributed by atoms with Crippen molar-refractivity contribution in [2.24, 2.45) is 0 Å². The van der Waals surface area contributed by atoms with Gasteiger partial charge in [0.25, 0.3) is 5.91 Å². The van der Waals surface area contributed by atoms with E-state index in [0.717, 1.165) is 42.5 Å². The molecule has 0 saturated carbocycles. The second-order valence-corrected chi connectivity index (χ2v) is 7.83. The van der Waals surface area contributed by atoms with Gasteiger partial charge in [0, 0.05) is 28.9 Å². The minimum Gasteiger partial charge on any atom is -0.349 e. The quantitative estimate of drug-likeness (QED) is 0.615. The molecule has 29 heavy (non-hydrogen) atoms. The molecule has 1 aliphatic heterocycles. The van der Waals surface area contributed by atoms with Crippen LogP contribution in [0.4, 0.5) is 11.6 Å². The molecule has 0 spiro atoms. The van der Waals surface area contributed by atoms with Crippen molar-refractivity contribution in [3.05, 3.63) is 59.8 Å². The van der Waals surface area contributed by atoms with Crippen molar-refractivity contribution >= 4 is 28.4 Å². The van der Waals surface area contributed by atoms with Crippen molar-refractivity contribution < 1.29 is 4.79 Å². The van der Waals surface area contributed by atoms with Crippen LogP contribution >= 0.6 is 0 Å². The van der Waals surface area contributed by atoms with Crippen LogP contribution in [0.25, 0.3) is 10.9 Å². The van der Waals surface area contributed by atoms with E-state index in [9.17, 15) is 4.79 Å². The number of hydrogen-bond donors (Lipinski definition) is 3. The highest BCUT2D eigenvalue weighted by atomic mass is 16.1. The number of fused-ring (bicyclic) bond motifs is 1. The molecule has 3 N–H and O–H groups in total. The number of carbonyl (C=O) groups is 1. The lowest BCUT2D eigenvalue weighted by Crippen LogP contribution is -2.42. The molecule has 0 atom stereocenters. The fourth-order valence-corrected chi connectivity index (χ4v) is 3.67. The number of rotatable bonds is 5. The van der Waals surface area contributed by atoms with E-state index in [-0.39, 0.29) is 11.9 Å². The summed E-state index contributed by atoms with van der Waals surface area (Å²) in [4.78, 5) is 21.6. The maximum absolute atomic E-state index is 12.5. The lowest BCUT2D eigenvalue weighted by molar-refractivity contribution is 0.0929. The maximum Gasteiger partial charge on any atom is 0.251 e. The van der Waals surface area contributed by atoms with E-state index in [1.54, 1.807) is 0 Å². The Hall–Kier alpha value is -2.99. The van der Waals surface area contributed by atoms with Gasteiger partial charge in [-0.05, 0) is 61.7 Å². The molecular formula is C23H27N5O. The third-order valence-corrected chi connectivity index (χ3v) is 5.34. The number of aromatic nitrogens is 2. The standard InChI is InChI=1S/C23H27N5O/c1-15(2)20-5-3-4-17-14-25-23(28-21(17)20)27-18-8-6-16(7-9-18)22(29)26-19-10-12-24-13-11-19/h3-9,14-15,19,24H,10-13H2,1-2H3,(H,26,29)(H,25,27,28). The summed E-state index contributed by atoms with van der Waals surface area (Å²) in [5.74, 6) is 0.920. The first-order valence-electron chi connectivity index (χ1n) is 10.2. The number of para-hydroxylation sites is 1. The molecule has 1 aliphatic rings. The van der Waals surface area contributed by atoms with Crippen molar-refractivity contribution in [3.63, 3.8) is 0 Å². The molecule has 1 amide bonds. The van der Waals surface area contributed by atoms with Gasteiger partial charge in [-0.3, -0.25) is 4.79 Å². The van der Waals surface area contributed by atoms with E-state index in [4.69, 9.17) is 4.98 Å². The first-order chi connectivity index (χ1) is 14.1. The number of carbonyl (C=O) groups excluding carboxylic acids is 1. The minimum absolute atomic E-state index is 0.0213. The molecule has 0 bridgehead atoms. The van der Waals surface area contributed by atoms with E-state index < -0.39 is 0 Å². The van der Waals surface area contributed by atoms with Crippen LogP contribution < -0.4 is 16.0 Å². The SMILES string of the molecule is CC(C)c1cccc2cnc(Nc3ccc(C(=O)NC4CCNCC4)cc3)nc12. The van der Waals surface area contributed by atoms with Gasteiger partial charge in [0.15, 0.2) is 0 Å². The van der Waals surface area contributed by atoms with Gasteiger partial charge >= 0.3 is 0 Å². The largest absolute Gasteiger partial charge is 0.349 e. The summed E-state index contributed by atoms with van der Waals surface area (Å²) in [6.07, 6.45) is 3.80. The van der Waals surface area contributed by atoms with Crippen molar-refractivity contribution in [3.8, 4) is 0 Å². The van der Waals surface area contributed by atoms with Gasteiger partial charge in [-0.2, -0.15) is 0 Å². The number of nitrogens with zero attached hydrogens (tertiary/aromatic N) is 2. The summed E-state index contributed by atoms with van der Waals surface area (Å²) in [7, 11) is 0. The highest BCUT2D eigenvalue weighted by Gasteiger charge is 2.16. The Morgan fingerprint density at radius 3 is 2.59 bits per heavy atom. The van der Waals surface area contributed by atoms with Crippen LogP contribution in [0.5, 0.6) is 0 Å². The Kier molecular flexibility index (Phi) is 5.71. The summed E-state index contributed by atoms with van der Waals surface area (Å²) in [5.41, 5.74) is 3.69. The van der Waals surface area contributed by atoms with Gasteiger partial charge in [0.1, 0.15) is 0 Å². The van der Waals surface area contributed by atoms with Crippen LogP contribution in [0, 0.1) is 0 Å². The van der Waals surface area contributed by atoms with Gasteiger partial charge in [-0.15, -0.1) is 0 Å². The minimum atomic E-state index is -0.0213. The molecular weight excluding hydrogens is 362 g/mol. The van der Waals surface area contributed by atoms with Crippen LogP contribution in [-0.4, -0.2) is 35.0 Å². The summed E-state index contributed by atoms with van der Waals surface area (Å²) < 4.78 is 0. The Balaban J connectivity index is 1.47. The van der Waals surface area contributed by atoms with Crippen LogP contribution in [0.15, 0.2) is 48.7 Å². The first-order valence-corrected chi connectivity index (χ1v) is 10.2. The zero-order valence-corrected chi connectivity index (χ0v) is 16.9. The number of hydrogen-bond acceptors (Lipinski definition) is 5. The molecule has 150 valence electrons. The van der Waals surface area contributed by atoms with Crippen LogP contribution in [-0.2, 0) is 0 Å². The smallest absolute Gasteiger partial charge is 0.251 e. The van der Waals surface area contributed by atoms with Gasteiger partial charge in [0.05, 0.1) is 5.52 Å². The second kappa shape index (κ2) is 8.57. The summed E-state index contributed by atoms with van der Waals surface area (Å²) in [5, 5.41) is 10.7. The molecule has 1 aromatic heterocycles. The molecule has 0 unspecified atom stereocenters. The Labute approximate surface area is 171 Å². The Morgan fingerprint density at radius 2 is 1.86 bits per heavy atom. The molecule has 2 aromatic carbocycles. The van der Waals surface area contributed by atoms with Crippen LogP contribution in [0.3, 0.4) is 0 Å². The van der Waals surface area contributed by atoms with Crippen molar-refractivity contribution in [1.29, 1.82) is 0 Å². The predicted octanol–water partition coefficient (Wildman–Crippen LogP) is 3.98. The third-order valence-electron chi connectivity index (χ3n) is 5.34. The lowest BCUT2D eigenvalue weighted by Gasteiger charge is -2.23. The Morgan fingerprint density at radius 1 is 1.10 bits per heavy atom. The van der Waals surface area contributed by atoms with E-state index in [1.807, 2.05) is 42.6 Å². The van der Waals surface area contributed by atoms with Gasteiger partial charge in [0.2, 0.25) is 5.95 Å². The fraction of sp³-hybridized carbons (Fsp3) is 0.348. The van der Waals surface area contributed by atoms with Gasteiger partial charge < -0.3 is 16.0 Å². The number of nitrogens with one attached hydrogen (secondary N) is 3. The molecule has 2 heterocycles. The van der Waals surface area contributed by atoms with Crippen molar-refractivity contribution in [1.82, 2.24) is 20.6 Å².